The van der Waals surface area contributed by atoms with Crippen LogP contribution in [0, 0.1) is 0 Å². The average molecular weight is 615 g/mol. The largest absolute Gasteiger partial charge is 0.415 e. The lowest BCUT2D eigenvalue weighted by Crippen LogP contribution is -2.60. The van der Waals surface area contributed by atoms with Gasteiger partial charge in [0.15, 0.2) is 49.9 Å². The molecule has 0 heterocycles. The van der Waals surface area contributed by atoms with Gasteiger partial charge in [-0.15, -0.1) is 0 Å². The first kappa shape index (κ1) is 37.1. The quantitative estimate of drug-likeness (QED) is 0.158. The number of hydrogen-bond acceptors (Lipinski definition) is 6. The van der Waals surface area contributed by atoms with E-state index in [1.807, 2.05) is 0 Å². The summed E-state index contributed by atoms with van der Waals surface area (Å²) in [6, 6.07) is 0. The Morgan fingerprint density at radius 1 is 0.333 bits per heavy atom. The monoisotopic (exact) mass is 614 g/mol. The number of hydrogen-bond donors (Lipinski definition) is 0. The summed E-state index contributed by atoms with van der Waals surface area (Å²) in [4.78, 5) is 0. The highest BCUT2D eigenvalue weighted by molar-refractivity contribution is 6.71. The van der Waals surface area contributed by atoms with E-state index in [0.717, 1.165) is 0 Å². The third-order valence-corrected chi connectivity index (χ3v) is 10.5. The Morgan fingerprint density at radius 3 is 0.722 bits per heavy atom. The highest BCUT2D eigenvalue weighted by atomic mass is 28.4. The standard InChI is InChI=1S/C24H62O6Si6/c1-31(2,3)25-19-21(27-33(7,8)9)23(29-35(13,14)15)24(30-36(16,17)18)22(28-34(10,11)12)20-26-32(4,5)6/h21-24H,19-20H2,1-18H3/t21-,22+,23-,24-/m0/s1. The molecule has 0 saturated heterocycles. The normalized spacial score (nSPS) is 18.2. The van der Waals surface area contributed by atoms with Gasteiger partial charge in [-0.1, -0.05) is 0 Å². The Balaban J connectivity index is 6.80. The Bertz CT molecular complexity index is 582. The van der Waals surface area contributed by atoms with Gasteiger partial charge < -0.3 is 26.6 Å². The van der Waals surface area contributed by atoms with Crippen molar-refractivity contribution >= 4 is 49.9 Å². The lowest BCUT2D eigenvalue weighted by molar-refractivity contribution is -0.0958. The van der Waals surface area contributed by atoms with Crippen molar-refractivity contribution in [3.63, 3.8) is 0 Å². The third kappa shape index (κ3) is 20.0. The minimum absolute atomic E-state index is 0.226. The summed E-state index contributed by atoms with van der Waals surface area (Å²) in [6.45, 7) is 41.2. The van der Waals surface area contributed by atoms with Crippen LogP contribution in [0.3, 0.4) is 0 Å². The Hall–Kier alpha value is 1.06. The van der Waals surface area contributed by atoms with Gasteiger partial charge in [0.1, 0.15) is 0 Å². The molecule has 0 amide bonds. The smallest absolute Gasteiger partial charge is 0.184 e. The van der Waals surface area contributed by atoms with Crippen LogP contribution in [0.15, 0.2) is 0 Å². The molecule has 0 rings (SSSR count). The molecular formula is C24H62O6Si6. The fourth-order valence-corrected chi connectivity index (χ4v) is 9.24. The molecular weight excluding hydrogens is 553 g/mol. The molecule has 12 heteroatoms. The van der Waals surface area contributed by atoms with Crippen molar-refractivity contribution in [2.45, 2.75) is 142 Å². The van der Waals surface area contributed by atoms with Gasteiger partial charge in [-0.2, -0.15) is 0 Å². The summed E-state index contributed by atoms with van der Waals surface area (Å²) >= 11 is 0. The molecule has 0 bridgehead atoms. The van der Waals surface area contributed by atoms with Gasteiger partial charge >= 0.3 is 0 Å². The van der Waals surface area contributed by atoms with Gasteiger partial charge in [-0.25, -0.2) is 0 Å². The molecule has 36 heavy (non-hydrogen) atoms. The highest BCUT2D eigenvalue weighted by Crippen LogP contribution is 2.29. The Kier molecular flexibility index (Phi) is 14.0. The topological polar surface area (TPSA) is 55.4 Å². The van der Waals surface area contributed by atoms with Crippen molar-refractivity contribution in [3.05, 3.63) is 0 Å². The summed E-state index contributed by atoms with van der Waals surface area (Å²) in [7, 11) is -11.4. The molecule has 0 aliphatic carbocycles. The van der Waals surface area contributed by atoms with Crippen molar-refractivity contribution in [1.29, 1.82) is 0 Å². The van der Waals surface area contributed by atoms with Crippen molar-refractivity contribution in [1.82, 2.24) is 0 Å². The van der Waals surface area contributed by atoms with Crippen LogP contribution < -0.4 is 0 Å². The highest BCUT2D eigenvalue weighted by Gasteiger charge is 2.45. The molecule has 0 radical (unpaired) electrons. The van der Waals surface area contributed by atoms with E-state index in [-0.39, 0.29) is 24.4 Å². The van der Waals surface area contributed by atoms with E-state index in [9.17, 15) is 0 Å². The molecule has 0 N–H and O–H groups in total. The van der Waals surface area contributed by atoms with Gasteiger partial charge in [0, 0.05) is 0 Å². The van der Waals surface area contributed by atoms with E-state index >= 15 is 0 Å². The zero-order valence-corrected chi connectivity index (χ0v) is 33.2. The first-order chi connectivity index (χ1) is 15.6. The van der Waals surface area contributed by atoms with Crippen molar-refractivity contribution in [2.75, 3.05) is 13.2 Å². The van der Waals surface area contributed by atoms with Crippen LogP contribution in [0.25, 0.3) is 0 Å². The second-order valence-corrected chi connectivity index (χ2v) is 42.6. The SMILES string of the molecule is C[Si](C)(C)OC[C@H](O[Si](C)(C)C)[C@H](O[Si](C)(C)C)[C@@H](O[Si](C)(C)C)[C@@H](CO[Si](C)(C)C)O[Si](C)(C)C. The summed E-state index contributed by atoms with van der Waals surface area (Å²) in [5, 5.41) is 0. The number of rotatable bonds is 17. The fraction of sp³-hybridized carbons (Fsp3) is 1.00. The first-order valence-electron chi connectivity index (χ1n) is 13.6. The molecule has 0 aliphatic heterocycles. The predicted octanol–water partition coefficient (Wildman–Crippen LogP) is 7.57. The van der Waals surface area contributed by atoms with E-state index in [2.05, 4.69) is 118 Å². The maximum Gasteiger partial charge on any atom is 0.184 e. The zero-order valence-electron chi connectivity index (χ0n) is 27.2. The van der Waals surface area contributed by atoms with Crippen LogP contribution in [-0.4, -0.2) is 87.5 Å². The maximum atomic E-state index is 7.01. The molecule has 0 aromatic carbocycles. The molecule has 218 valence electrons. The first-order valence-corrected chi connectivity index (χ1v) is 34.0. The van der Waals surface area contributed by atoms with Crippen molar-refractivity contribution < 1.29 is 26.6 Å². The summed E-state index contributed by atoms with van der Waals surface area (Å²) in [5.74, 6) is 0. The molecule has 0 aliphatic rings. The van der Waals surface area contributed by atoms with Gasteiger partial charge in [-0.3, -0.25) is 0 Å². The lowest BCUT2D eigenvalue weighted by Gasteiger charge is -2.46. The van der Waals surface area contributed by atoms with Gasteiger partial charge in [0.2, 0.25) is 0 Å². The van der Waals surface area contributed by atoms with Crippen molar-refractivity contribution in [3.8, 4) is 0 Å². The molecule has 0 unspecified atom stereocenters. The molecule has 0 aromatic rings. The molecule has 0 aromatic heterocycles. The minimum atomic E-state index is -1.99. The molecule has 6 nitrogen and oxygen atoms in total. The average Bonchev–Trinajstić information content (AvgIpc) is 2.53. The van der Waals surface area contributed by atoms with Gasteiger partial charge in [0.25, 0.3) is 0 Å². The predicted molar refractivity (Wildman–Crippen MR) is 171 cm³/mol. The van der Waals surface area contributed by atoms with E-state index in [1.54, 1.807) is 0 Å². The van der Waals surface area contributed by atoms with Crippen LogP contribution >= 0.6 is 0 Å². The fourth-order valence-electron chi connectivity index (χ4n) is 3.49. The molecule has 0 spiro atoms. The Morgan fingerprint density at radius 2 is 0.556 bits per heavy atom. The third-order valence-electron chi connectivity index (χ3n) is 4.41. The van der Waals surface area contributed by atoms with Crippen LogP contribution in [0.5, 0.6) is 0 Å². The van der Waals surface area contributed by atoms with Crippen LogP contribution in [0.4, 0.5) is 0 Å². The molecule has 0 fully saturated rings. The summed E-state index contributed by atoms with van der Waals surface area (Å²) in [6.07, 6.45) is -1.04. The maximum absolute atomic E-state index is 7.01. The van der Waals surface area contributed by atoms with Gasteiger partial charge in [-0.05, 0) is 118 Å². The van der Waals surface area contributed by atoms with Crippen LogP contribution in [-0.2, 0) is 26.6 Å². The van der Waals surface area contributed by atoms with E-state index in [4.69, 9.17) is 26.6 Å². The second-order valence-electron chi connectivity index (χ2n) is 15.8. The van der Waals surface area contributed by atoms with Crippen LogP contribution in [0.1, 0.15) is 0 Å². The zero-order chi connectivity index (χ0) is 29.0. The van der Waals surface area contributed by atoms with E-state index < -0.39 is 49.9 Å². The summed E-state index contributed by atoms with van der Waals surface area (Å²) in [5.41, 5.74) is 0. The van der Waals surface area contributed by atoms with Gasteiger partial charge in [0.05, 0.1) is 37.6 Å². The Labute approximate surface area is 231 Å². The minimum Gasteiger partial charge on any atom is -0.415 e. The van der Waals surface area contributed by atoms with Crippen LogP contribution in [0.2, 0.25) is 118 Å². The lowest BCUT2D eigenvalue weighted by atomic mass is 10.0. The molecule has 4 atom stereocenters. The second kappa shape index (κ2) is 13.6. The summed E-state index contributed by atoms with van der Waals surface area (Å²) < 4.78 is 40.7. The van der Waals surface area contributed by atoms with Crippen molar-refractivity contribution in [2.24, 2.45) is 0 Å². The molecule has 0 saturated carbocycles. The van der Waals surface area contributed by atoms with E-state index in [1.165, 1.54) is 0 Å². The van der Waals surface area contributed by atoms with E-state index in [0.29, 0.717) is 13.2 Å².